The van der Waals surface area contributed by atoms with Crippen LogP contribution in [0.2, 0.25) is 0 Å². The van der Waals surface area contributed by atoms with Crippen molar-refractivity contribution in [2.75, 3.05) is 30.8 Å². The van der Waals surface area contributed by atoms with Gasteiger partial charge in [0.15, 0.2) is 0 Å². The maximum atomic E-state index is 12.5. The molecule has 0 fully saturated rings. The zero-order chi connectivity index (χ0) is 21.7. The predicted octanol–water partition coefficient (Wildman–Crippen LogP) is 3.31. The van der Waals surface area contributed by atoms with Gasteiger partial charge in [0, 0.05) is 5.69 Å². The quantitative estimate of drug-likeness (QED) is 0.632. The van der Waals surface area contributed by atoms with Gasteiger partial charge in [-0.25, -0.2) is 4.68 Å². The number of benzene rings is 2. The van der Waals surface area contributed by atoms with Gasteiger partial charge in [-0.2, -0.15) is 5.10 Å². The smallest absolute Gasteiger partial charge is 0.238 e. The number of carbonyl (C=O) groups excluding carboxylic acids is 2. The van der Waals surface area contributed by atoms with E-state index in [1.807, 2.05) is 80.1 Å². The molecule has 3 rings (SSSR count). The molecule has 0 spiro atoms. The van der Waals surface area contributed by atoms with Crippen molar-refractivity contribution >= 4 is 23.2 Å². The van der Waals surface area contributed by atoms with E-state index < -0.39 is 0 Å². The summed E-state index contributed by atoms with van der Waals surface area (Å²) in [6.07, 6.45) is 0. The number of nitrogens with zero attached hydrogens (tertiary/aromatic N) is 3. The summed E-state index contributed by atoms with van der Waals surface area (Å²) >= 11 is 0. The molecule has 2 aromatic carbocycles. The van der Waals surface area contributed by atoms with E-state index in [2.05, 4.69) is 15.7 Å². The van der Waals surface area contributed by atoms with E-state index in [9.17, 15) is 9.59 Å². The van der Waals surface area contributed by atoms with E-state index in [0.29, 0.717) is 5.69 Å². The number of hydrogen-bond donors (Lipinski definition) is 2. The molecule has 0 aliphatic rings. The average molecular weight is 406 g/mol. The van der Waals surface area contributed by atoms with E-state index in [1.54, 1.807) is 11.9 Å². The molecular weight excluding hydrogens is 378 g/mol. The normalized spacial score (nSPS) is 10.8. The number of para-hydroxylation sites is 1. The molecule has 0 aliphatic heterocycles. The molecule has 0 saturated carbocycles. The molecule has 1 aromatic heterocycles. The van der Waals surface area contributed by atoms with Gasteiger partial charge in [-0.15, -0.1) is 0 Å². The number of amides is 2. The molecule has 0 bridgehead atoms. The molecule has 7 nitrogen and oxygen atoms in total. The summed E-state index contributed by atoms with van der Waals surface area (Å²) < 4.78 is 1.81. The Morgan fingerprint density at radius 1 is 0.900 bits per heavy atom. The monoisotopic (exact) mass is 405 g/mol. The molecule has 2 amide bonds. The van der Waals surface area contributed by atoms with Gasteiger partial charge in [0.2, 0.25) is 11.8 Å². The van der Waals surface area contributed by atoms with Gasteiger partial charge in [0.25, 0.3) is 0 Å². The molecule has 3 aromatic rings. The Bertz CT molecular complexity index is 1030. The molecule has 156 valence electrons. The minimum Gasteiger partial charge on any atom is -0.325 e. The number of rotatable bonds is 7. The van der Waals surface area contributed by atoms with E-state index in [1.165, 1.54) is 0 Å². The van der Waals surface area contributed by atoms with Crippen LogP contribution in [0, 0.1) is 20.8 Å². The van der Waals surface area contributed by atoms with Crippen molar-refractivity contribution in [3.8, 4) is 5.69 Å². The standard InChI is InChI=1S/C23H27N5O2/c1-16-10-12-19(13-11-16)24-21(29)14-27(4)15-22(30)25-23-17(2)26-28(18(23)3)20-8-6-5-7-9-20/h5-13H,14-15H2,1-4H3,(H,24,29)(H,25,30). The minimum atomic E-state index is -0.195. The molecule has 0 aliphatic carbocycles. The fourth-order valence-corrected chi connectivity index (χ4v) is 3.21. The van der Waals surface area contributed by atoms with Crippen LogP contribution in [0.25, 0.3) is 5.69 Å². The van der Waals surface area contributed by atoms with Gasteiger partial charge >= 0.3 is 0 Å². The van der Waals surface area contributed by atoms with E-state index in [-0.39, 0.29) is 24.9 Å². The lowest BCUT2D eigenvalue weighted by atomic mass is 10.2. The van der Waals surface area contributed by atoms with Crippen molar-refractivity contribution in [3.63, 3.8) is 0 Å². The van der Waals surface area contributed by atoms with Crippen LogP contribution in [0.1, 0.15) is 17.0 Å². The summed E-state index contributed by atoms with van der Waals surface area (Å²) in [5.74, 6) is -0.363. The number of likely N-dealkylation sites (N-methyl/N-ethyl adjacent to an activating group) is 1. The lowest BCUT2D eigenvalue weighted by molar-refractivity contribution is -0.119. The molecule has 0 saturated heterocycles. The molecule has 0 atom stereocenters. The van der Waals surface area contributed by atoms with Crippen LogP contribution < -0.4 is 10.6 Å². The number of aryl methyl sites for hydroxylation is 2. The second-order valence-electron chi connectivity index (χ2n) is 7.43. The van der Waals surface area contributed by atoms with Crippen molar-refractivity contribution in [2.45, 2.75) is 20.8 Å². The number of anilines is 2. The molecule has 2 N–H and O–H groups in total. The summed E-state index contributed by atoms with van der Waals surface area (Å²) in [5.41, 5.74) is 5.09. The lowest BCUT2D eigenvalue weighted by Crippen LogP contribution is -2.36. The summed E-state index contributed by atoms with van der Waals surface area (Å²) in [5, 5.41) is 10.3. The third-order valence-electron chi connectivity index (χ3n) is 4.72. The van der Waals surface area contributed by atoms with Crippen LogP contribution >= 0.6 is 0 Å². The molecule has 0 unspecified atom stereocenters. The summed E-state index contributed by atoms with van der Waals surface area (Å²) in [6, 6.07) is 17.4. The van der Waals surface area contributed by atoms with Gasteiger partial charge in [-0.05, 0) is 52.1 Å². The Morgan fingerprint density at radius 2 is 1.50 bits per heavy atom. The van der Waals surface area contributed by atoms with Crippen LogP contribution in [-0.4, -0.2) is 46.6 Å². The fraction of sp³-hybridized carbons (Fsp3) is 0.261. The van der Waals surface area contributed by atoms with Crippen molar-refractivity contribution in [1.29, 1.82) is 0 Å². The zero-order valence-electron chi connectivity index (χ0n) is 17.8. The first-order valence-corrected chi connectivity index (χ1v) is 9.80. The van der Waals surface area contributed by atoms with Crippen molar-refractivity contribution in [1.82, 2.24) is 14.7 Å². The Labute approximate surface area is 176 Å². The Kier molecular flexibility index (Phi) is 6.64. The molecule has 1 heterocycles. The number of aromatic nitrogens is 2. The summed E-state index contributed by atoms with van der Waals surface area (Å²) in [4.78, 5) is 26.4. The molecule has 30 heavy (non-hydrogen) atoms. The van der Waals surface area contributed by atoms with Crippen molar-refractivity contribution in [2.24, 2.45) is 0 Å². The number of nitrogens with one attached hydrogen (secondary N) is 2. The highest BCUT2D eigenvalue weighted by Gasteiger charge is 2.17. The van der Waals surface area contributed by atoms with Crippen LogP contribution in [0.5, 0.6) is 0 Å². The third kappa shape index (κ3) is 5.33. The maximum Gasteiger partial charge on any atom is 0.238 e. The van der Waals surface area contributed by atoms with E-state index in [0.717, 1.165) is 28.3 Å². The average Bonchev–Trinajstić information content (AvgIpc) is 2.98. The van der Waals surface area contributed by atoms with Crippen LogP contribution in [-0.2, 0) is 9.59 Å². The zero-order valence-corrected chi connectivity index (χ0v) is 17.8. The van der Waals surface area contributed by atoms with Crippen molar-refractivity contribution in [3.05, 3.63) is 71.5 Å². The SMILES string of the molecule is Cc1ccc(NC(=O)CN(C)CC(=O)Nc2c(C)nn(-c3ccccc3)c2C)cc1. The second kappa shape index (κ2) is 9.37. The highest BCUT2D eigenvalue weighted by atomic mass is 16.2. The van der Waals surface area contributed by atoms with E-state index >= 15 is 0 Å². The Balaban J connectivity index is 1.57. The predicted molar refractivity (Wildman–Crippen MR) is 119 cm³/mol. The number of hydrogen-bond acceptors (Lipinski definition) is 4. The minimum absolute atomic E-state index is 0.0940. The summed E-state index contributed by atoms with van der Waals surface area (Å²) in [7, 11) is 1.74. The van der Waals surface area contributed by atoms with Crippen molar-refractivity contribution < 1.29 is 9.59 Å². The first-order chi connectivity index (χ1) is 14.3. The second-order valence-corrected chi connectivity index (χ2v) is 7.43. The number of carbonyl (C=O) groups is 2. The Hall–Kier alpha value is -3.45. The summed E-state index contributed by atoms with van der Waals surface area (Å²) in [6.45, 7) is 5.98. The lowest BCUT2D eigenvalue weighted by Gasteiger charge is -2.16. The fourth-order valence-electron chi connectivity index (χ4n) is 3.21. The van der Waals surface area contributed by atoms with Gasteiger partial charge in [-0.3, -0.25) is 14.5 Å². The van der Waals surface area contributed by atoms with Gasteiger partial charge in [0.05, 0.1) is 35.9 Å². The van der Waals surface area contributed by atoms with Crippen LogP contribution in [0.3, 0.4) is 0 Å². The maximum absolute atomic E-state index is 12.5. The highest BCUT2D eigenvalue weighted by molar-refractivity contribution is 5.95. The van der Waals surface area contributed by atoms with Crippen LogP contribution in [0.15, 0.2) is 54.6 Å². The Morgan fingerprint density at radius 3 is 2.13 bits per heavy atom. The third-order valence-corrected chi connectivity index (χ3v) is 4.72. The van der Waals surface area contributed by atoms with Gasteiger partial charge in [-0.1, -0.05) is 35.9 Å². The largest absolute Gasteiger partial charge is 0.325 e. The van der Waals surface area contributed by atoms with Crippen LogP contribution in [0.4, 0.5) is 11.4 Å². The van der Waals surface area contributed by atoms with E-state index in [4.69, 9.17) is 0 Å². The molecular formula is C23H27N5O2. The first-order valence-electron chi connectivity index (χ1n) is 9.80. The first kappa shape index (κ1) is 21.3. The highest BCUT2D eigenvalue weighted by Crippen LogP contribution is 2.22. The molecule has 7 heteroatoms. The van der Waals surface area contributed by atoms with Gasteiger partial charge in [0.1, 0.15) is 0 Å². The molecule has 0 radical (unpaired) electrons. The van der Waals surface area contributed by atoms with Gasteiger partial charge < -0.3 is 10.6 Å². The topological polar surface area (TPSA) is 79.3 Å².